The van der Waals surface area contributed by atoms with Crippen molar-refractivity contribution in [3.05, 3.63) is 59.1 Å². The number of amides is 1. The van der Waals surface area contributed by atoms with Crippen LogP contribution in [0.2, 0.25) is 0 Å². The second kappa shape index (κ2) is 7.65. The van der Waals surface area contributed by atoms with Crippen LogP contribution in [0.25, 0.3) is 11.3 Å². The van der Waals surface area contributed by atoms with E-state index in [-0.39, 0.29) is 11.8 Å². The molecule has 2 heterocycles. The molecule has 0 aliphatic carbocycles. The summed E-state index contributed by atoms with van der Waals surface area (Å²) >= 11 is 0. The molecule has 3 aromatic rings. The number of hydrogen-bond acceptors (Lipinski definition) is 6. The van der Waals surface area contributed by atoms with E-state index in [1.54, 1.807) is 19.9 Å². The topological polar surface area (TPSA) is 93.8 Å². The van der Waals surface area contributed by atoms with Gasteiger partial charge in [-0.15, -0.1) is 0 Å². The highest BCUT2D eigenvalue weighted by atomic mass is 16.5. The monoisotopic (exact) mass is 365 g/mol. The van der Waals surface area contributed by atoms with Gasteiger partial charge in [-0.3, -0.25) is 4.79 Å². The molecule has 0 saturated heterocycles. The number of nitrogens with zero attached hydrogens (tertiary/aromatic N) is 4. The first-order chi connectivity index (χ1) is 12.8. The molecule has 0 spiro atoms. The molecule has 1 amide bonds. The molecule has 27 heavy (non-hydrogen) atoms. The fourth-order valence-electron chi connectivity index (χ4n) is 2.53. The van der Waals surface area contributed by atoms with Gasteiger partial charge in [0.05, 0.1) is 5.69 Å². The van der Waals surface area contributed by atoms with E-state index in [1.807, 2.05) is 45.0 Å². The van der Waals surface area contributed by atoms with Crippen molar-refractivity contribution in [2.45, 2.75) is 46.6 Å². The van der Waals surface area contributed by atoms with Crippen molar-refractivity contribution >= 4 is 5.91 Å². The minimum atomic E-state index is -0.418. The summed E-state index contributed by atoms with van der Waals surface area (Å²) in [6.45, 7) is 9.55. The van der Waals surface area contributed by atoms with Crippen molar-refractivity contribution in [1.29, 1.82) is 0 Å². The molecule has 0 unspecified atom stereocenters. The number of carbonyl (C=O) groups is 1. The third kappa shape index (κ3) is 4.36. The number of nitrogens with one attached hydrogen (secondary N) is 1. The van der Waals surface area contributed by atoms with Crippen molar-refractivity contribution in [3.8, 4) is 11.3 Å². The van der Waals surface area contributed by atoms with E-state index in [2.05, 4.69) is 25.4 Å². The Kier molecular flexibility index (Phi) is 5.30. The van der Waals surface area contributed by atoms with Crippen LogP contribution in [-0.4, -0.2) is 26.0 Å². The predicted octanol–water partition coefficient (Wildman–Crippen LogP) is 3.76. The molecule has 3 rings (SSSR count). The molecule has 1 atom stereocenters. The van der Waals surface area contributed by atoms with E-state index in [0.717, 1.165) is 11.3 Å². The van der Waals surface area contributed by atoms with Crippen LogP contribution in [0.15, 0.2) is 34.9 Å². The molecule has 7 nitrogen and oxygen atoms in total. The maximum absolute atomic E-state index is 12.8. The van der Waals surface area contributed by atoms with Gasteiger partial charge >= 0.3 is 0 Å². The summed E-state index contributed by atoms with van der Waals surface area (Å²) < 4.78 is 5.12. The Morgan fingerprint density at radius 1 is 1.04 bits per heavy atom. The Balaban J connectivity index is 1.91. The molecule has 1 aromatic carbocycles. The van der Waals surface area contributed by atoms with Gasteiger partial charge < -0.3 is 9.84 Å². The standard InChI is InChI=1S/C20H23N5O2/c1-11(2)18-23-16(15-8-6-12(3)7-9-15)10-17(24-18)19(26)21-13(4)20-22-14(5)25-27-20/h6-11,13H,1-5H3,(H,21,26)/t13-/m1/s1. The molecule has 140 valence electrons. The van der Waals surface area contributed by atoms with Crippen LogP contribution in [0.5, 0.6) is 0 Å². The molecular formula is C20H23N5O2. The van der Waals surface area contributed by atoms with Crippen molar-refractivity contribution in [2.75, 3.05) is 0 Å². The molecule has 7 heteroatoms. The van der Waals surface area contributed by atoms with Crippen LogP contribution < -0.4 is 5.32 Å². The first-order valence-corrected chi connectivity index (χ1v) is 8.90. The highest BCUT2D eigenvalue weighted by Crippen LogP contribution is 2.21. The van der Waals surface area contributed by atoms with E-state index in [0.29, 0.717) is 23.2 Å². The van der Waals surface area contributed by atoms with E-state index >= 15 is 0 Å². The summed E-state index contributed by atoms with van der Waals surface area (Å²) in [7, 11) is 0. The zero-order chi connectivity index (χ0) is 19.6. The lowest BCUT2D eigenvalue weighted by atomic mass is 10.1. The molecule has 2 aromatic heterocycles. The second-order valence-corrected chi connectivity index (χ2v) is 6.89. The smallest absolute Gasteiger partial charge is 0.270 e. The summed E-state index contributed by atoms with van der Waals surface area (Å²) in [5.74, 6) is 1.29. The second-order valence-electron chi connectivity index (χ2n) is 6.89. The summed E-state index contributed by atoms with van der Waals surface area (Å²) in [5.41, 5.74) is 3.14. The lowest BCUT2D eigenvalue weighted by molar-refractivity contribution is 0.0927. The van der Waals surface area contributed by atoms with E-state index in [4.69, 9.17) is 4.52 Å². The van der Waals surface area contributed by atoms with Gasteiger partial charge in [0.25, 0.3) is 5.91 Å². The van der Waals surface area contributed by atoms with Gasteiger partial charge in [-0.1, -0.05) is 48.8 Å². The summed E-state index contributed by atoms with van der Waals surface area (Å²) in [4.78, 5) is 26.0. The van der Waals surface area contributed by atoms with Gasteiger partial charge in [0.1, 0.15) is 17.6 Å². The first-order valence-electron chi connectivity index (χ1n) is 8.90. The van der Waals surface area contributed by atoms with Gasteiger partial charge in [0.15, 0.2) is 5.82 Å². The number of hydrogen-bond donors (Lipinski definition) is 1. The average molecular weight is 365 g/mol. The summed E-state index contributed by atoms with van der Waals surface area (Å²) in [5, 5.41) is 6.61. The molecule has 0 bridgehead atoms. The Labute approximate surface area is 158 Å². The largest absolute Gasteiger partial charge is 0.339 e. The summed E-state index contributed by atoms with van der Waals surface area (Å²) in [6.07, 6.45) is 0. The molecule has 0 radical (unpaired) electrons. The lowest BCUT2D eigenvalue weighted by Crippen LogP contribution is -2.28. The van der Waals surface area contributed by atoms with Gasteiger partial charge in [-0.05, 0) is 26.8 Å². The normalized spacial score (nSPS) is 12.2. The van der Waals surface area contributed by atoms with E-state index in [1.165, 1.54) is 5.56 Å². The Morgan fingerprint density at radius 2 is 1.74 bits per heavy atom. The molecule has 0 aliphatic rings. The third-order valence-corrected chi connectivity index (χ3v) is 4.10. The lowest BCUT2D eigenvalue weighted by Gasteiger charge is -2.13. The quantitative estimate of drug-likeness (QED) is 0.740. The maximum atomic E-state index is 12.8. The molecule has 1 N–H and O–H groups in total. The predicted molar refractivity (Wildman–Crippen MR) is 101 cm³/mol. The van der Waals surface area contributed by atoms with Crippen LogP contribution in [0.1, 0.15) is 66.3 Å². The molecular weight excluding hydrogens is 342 g/mol. The van der Waals surface area contributed by atoms with Crippen LogP contribution >= 0.6 is 0 Å². The van der Waals surface area contributed by atoms with Gasteiger partial charge in [-0.2, -0.15) is 4.98 Å². The third-order valence-electron chi connectivity index (χ3n) is 4.10. The van der Waals surface area contributed by atoms with Gasteiger partial charge in [0, 0.05) is 11.5 Å². The number of carbonyl (C=O) groups excluding carboxylic acids is 1. The van der Waals surface area contributed by atoms with Crippen molar-refractivity contribution in [2.24, 2.45) is 0 Å². The minimum absolute atomic E-state index is 0.0953. The Bertz CT molecular complexity index is 947. The maximum Gasteiger partial charge on any atom is 0.270 e. The number of rotatable bonds is 5. The van der Waals surface area contributed by atoms with Crippen LogP contribution in [0, 0.1) is 13.8 Å². The summed E-state index contributed by atoms with van der Waals surface area (Å²) in [6, 6.07) is 9.32. The van der Waals surface area contributed by atoms with Crippen LogP contribution in [-0.2, 0) is 0 Å². The van der Waals surface area contributed by atoms with E-state index < -0.39 is 6.04 Å². The molecule has 0 fully saturated rings. The van der Waals surface area contributed by atoms with E-state index in [9.17, 15) is 4.79 Å². The minimum Gasteiger partial charge on any atom is -0.339 e. The zero-order valence-corrected chi connectivity index (χ0v) is 16.1. The molecule has 0 saturated carbocycles. The zero-order valence-electron chi connectivity index (χ0n) is 16.1. The van der Waals surface area contributed by atoms with Crippen molar-refractivity contribution in [1.82, 2.24) is 25.4 Å². The number of benzene rings is 1. The number of aromatic nitrogens is 4. The Morgan fingerprint density at radius 3 is 2.33 bits per heavy atom. The van der Waals surface area contributed by atoms with Crippen LogP contribution in [0.4, 0.5) is 0 Å². The van der Waals surface area contributed by atoms with Crippen molar-refractivity contribution < 1.29 is 9.32 Å². The highest BCUT2D eigenvalue weighted by molar-refractivity contribution is 5.93. The molecule has 0 aliphatic heterocycles. The Hall–Kier alpha value is -3.09. The van der Waals surface area contributed by atoms with Gasteiger partial charge in [0.2, 0.25) is 5.89 Å². The fraction of sp³-hybridized carbons (Fsp3) is 0.350. The van der Waals surface area contributed by atoms with Crippen molar-refractivity contribution in [3.63, 3.8) is 0 Å². The fourth-order valence-corrected chi connectivity index (χ4v) is 2.53. The first kappa shape index (κ1) is 18.7. The van der Waals surface area contributed by atoms with Gasteiger partial charge in [-0.25, -0.2) is 9.97 Å². The highest BCUT2D eigenvalue weighted by Gasteiger charge is 2.19. The van der Waals surface area contributed by atoms with Crippen LogP contribution in [0.3, 0.4) is 0 Å². The SMILES string of the molecule is Cc1ccc(-c2cc(C(=O)N[C@H](C)c3nc(C)no3)nc(C(C)C)n2)cc1. The average Bonchev–Trinajstić information content (AvgIpc) is 3.08. The number of aryl methyl sites for hydroxylation is 2.